The van der Waals surface area contributed by atoms with Gasteiger partial charge in [0.05, 0.1) is 11.3 Å². The molecule has 2 fully saturated rings. The number of anilines is 1. The van der Waals surface area contributed by atoms with Gasteiger partial charge in [0, 0.05) is 49.7 Å². The smallest absolute Gasteiger partial charge is 0.356 e. The Morgan fingerprint density at radius 1 is 1.10 bits per heavy atom. The van der Waals surface area contributed by atoms with E-state index in [1.54, 1.807) is 0 Å². The molecule has 2 aliphatic rings. The Morgan fingerprint density at radius 3 is 2.45 bits per heavy atom. The van der Waals surface area contributed by atoms with E-state index in [-0.39, 0.29) is 5.54 Å². The maximum absolute atomic E-state index is 12.8. The van der Waals surface area contributed by atoms with Crippen molar-refractivity contribution in [1.82, 2.24) is 19.7 Å². The monoisotopic (exact) mass is 407 g/mol. The van der Waals surface area contributed by atoms with Gasteiger partial charge in [-0.2, -0.15) is 18.3 Å². The number of aromatic nitrogens is 3. The fourth-order valence-corrected chi connectivity index (χ4v) is 4.78. The van der Waals surface area contributed by atoms with Crippen LogP contribution in [0.1, 0.15) is 49.4 Å². The quantitative estimate of drug-likeness (QED) is 0.759. The van der Waals surface area contributed by atoms with E-state index < -0.39 is 11.7 Å². The standard InChI is InChI=1S/C21H28F3N5/c1-3-29-15-17(16(2)26-29)14-28-10-4-7-20(28)8-11-27(12-9-20)19-6-5-18(13-25-19)21(22,23)24/h5-6,13,15H,3-4,7-12,14H2,1-2H3. The largest absolute Gasteiger partial charge is 0.417 e. The highest BCUT2D eigenvalue weighted by molar-refractivity contribution is 5.41. The second-order valence-electron chi connectivity index (χ2n) is 8.23. The minimum atomic E-state index is -4.34. The van der Waals surface area contributed by atoms with Crippen molar-refractivity contribution in [1.29, 1.82) is 0 Å². The first-order valence-corrected chi connectivity index (χ1v) is 10.4. The number of hydrogen-bond donors (Lipinski definition) is 0. The fraction of sp³-hybridized carbons (Fsp3) is 0.619. The molecule has 0 aromatic carbocycles. The van der Waals surface area contributed by atoms with Gasteiger partial charge in [-0.15, -0.1) is 0 Å². The van der Waals surface area contributed by atoms with Crippen LogP contribution < -0.4 is 4.90 Å². The number of rotatable bonds is 4. The van der Waals surface area contributed by atoms with Crippen LogP contribution in [0, 0.1) is 6.92 Å². The summed E-state index contributed by atoms with van der Waals surface area (Å²) in [7, 11) is 0. The van der Waals surface area contributed by atoms with Gasteiger partial charge in [0.2, 0.25) is 0 Å². The van der Waals surface area contributed by atoms with E-state index in [0.29, 0.717) is 5.82 Å². The normalized spacial score (nSPS) is 20.0. The number of piperidine rings is 1. The molecular formula is C21H28F3N5. The van der Waals surface area contributed by atoms with Crippen LogP contribution in [0.3, 0.4) is 0 Å². The Kier molecular flexibility index (Phi) is 5.31. The summed E-state index contributed by atoms with van der Waals surface area (Å²) in [5.74, 6) is 0.637. The lowest BCUT2D eigenvalue weighted by atomic mass is 9.84. The highest BCUT2D eigenvalue weighted by Gasteiger charge is 2.43. The highest BCUT2D eigenvalue weighted by atomic mass is 19.4. The van der Waals surface area contributed by atoms with Crippen molar-refractivity contribution in [3.8, 4) is 0 Å². The topological polar surface area (TPSA) is 37.2 Å². The van der Waals surface area contributed by atoms with Gasteiger partial charge in [0.15, 0.2) is 0 Å². The van der Waals surface area contributed by atoms with Gasteiger partial charge in [0.25, 0.3) is 0 Å². The zero-order valence-electron chi connectivity index (χ0n) is 17.0. The summed E-state index contributed by atoms with van der Waals surface area (Å²) in [5, 5.41) is 4.57. The number of pyridine rings is 1. The van der Waals surface area contributed by atoms with Crippen molar-refractivity contribution in [3.63, 3.8) is 0 Å². The molecule has 0 atom stereocenters. The van der Waals surface area contributed by atoms with Gasteiger partial charge in [-0.25, -0.2) is 4.98 Å². The van der Waals surface area contributed by atoms with Crippen LogP contribution in [0.25, 0.3) is 0 Å². The predicted molar refractivity (Wildman–Crippen MR) is 106 cm³/mol. The number of alkyl halides is 3. The van der Waals surface area contributed by atoms with Crippen molar-refractivity contribution >= 4 is 5.82 Å². The van der Waals surface area contributed by atoms with Gasteiger partial charge in [0.1, 0.15) is 5.82 Å². The minimum Gasteiger partial charge on any atom is -0.356 e. The van der Waals surface area contributed by atoms with Gasteiger partial charge in [-0.05, 0) is 58.2 Å². The molecule has 29 heavy (non-hydrogen) atoms. The van der Waals surface area contributed by atoms with Crippen LogP contribution in [0.5, 0.6) is 0 Å². The predicted octanol–water partition coefficient (Wildman–Crippen LogP) is 4.26. The number of hydrogen-bond acceptors (Lipinski definition) is 4. The van der Waals surface area contributed by atoms with Crippen molar-refractivity contribution in [2.24, 2.45) is 0 Å². The lowest BCUT2D eigenvalue weighted by Crippen LogP contribution is -2.52. The molecule has 1 spiro atoms. The molecule has 8 heteroatoms. The van der Waals surface area contributed by atoms with Crippen LogP contribution in [0.15, 0.2) is 24.5 Å². The molecule has 158 valence electrons. The molecule has 2 aromatic heterocycles. The summed E-state index contributed by atoms with van der Waals surface area (Å²) in [5.41, 5.74) is 1.88. The zero-order valence-corrected chi connectivity index (χ0v) is 17.0. The molecule has 0 saturated carbocycles. The van der Waals surface area contributed by atoms with Gasteiger partial charge < -0.3 is 4.90 Å². The molecule has 5 nitrogen and oxygen atoms in total. The summed E-state index contributed by atoms with van der Waals surface area (Å²) in [6.45, 7) is 8.70. The summed E-state index contributed by atoms with van der Waals surface area (Å²) in [4.78, 5) is 8.79. The molecule has 0 N–H and O–H groups in total. The number of likely N-dealkylation sites (tertiary alicyclic amines) is 1. The minimum absolute atomic E-state index is 0.184. The molecule has 0 bridgehead atoms. The van der Waals surface area contributed by atoms with Crippen molar-refractivity contribution in [2.45, 2.75) is 64.3 Å². The summed E-state index contributed by atoms with van der Waals surface area (Å²) < 4.78 is 40.3. The van der Waals surface area contributed by atoms with E-state index in [1.807, 2.05) is 4.68 Å². The maximum Gasteiger partial charge on any atom is 0.417 e. The SMILES string of the molecule is CCn1cc(CN2CCCC23CCN(c2ccc(C(F)(F)F)cn2)CC3)c(C)n1. The molecule has 2 saturated heterocycles. The Labute approximate surface area is 169 Å². The Bertz CT molecular complexity index is 835. The van der Waals surface area contributed by atoms with Crippen LogP contribution in [0.4, 0.5) is 19.0 Å². The lowest BCUT2D eigenvalue weighted by molar-refractivity contribution is -0.137. The average molecular weight is 407 g/mol. The number of nitrogens with zero attached hydrogens (tertiary/aromatic N) is 5. The first-order valence-electron chi connectivity index (χ1n) is 10.4. The van der Waals surface area contributed by atoms with E-state index in [2.05, 4.69) is 39.9 Å². The maximum atomic E-state index is 12.8. The zero-order chi connectivity index (χ0) is 20.6. The lowest BCUT2D eigenvalue weighted by Gasteiger charge is -2.45. The molecule has 2 aromatic rings. The number of aryl methyl sites for hydroxylation is 2. The van der Waals surface area contributed by atoms with Crippen molar-refractivity contribution < 1.29 is 13.2 Å². The first-order chi connectivity index (χ1) is 13.8. The Hall–Kier alpha value is -2.09. The highest BCUT2D eigenvalue weighted by Crippen LogP contribution is 2.40. The van der Waals surface area contributed by atoms with Crippen molar-refractivity contribution in [2.75, 3.05) is 24.5 Å². The van der Waals surface area contributed by atoms with Crippen molar-refractivity contribution in [3.05, 3.63) is 41.3 Å². The van der Waals surface area contributed by atoms with E-state index in [1.165, 1.54) is 24.5 Å². The summed E-state index contributed by atoms with van der Waals surface area (Å²) in [6.07, 6.45) is 3.15. The second-order valence-corrected chi connectivity index (χ2v) is 8.23. The van der Waals surface area contributed by atoms with Gasteiger partial charge in [-0.1, -0.05) is 0 Å². The molecule has 0 unspecified atom stereocenters. The molecular weight excluding hydrogens is 379 g/mol. The molecule has 4 rings (SSSR count). The Morgan fingerprint density at radius 2 is 1.86 bits per heavy atom. The molecule has 4 heterocycles. The van der Waals surface area contributed by atoms with Crippen LogP contribution in [-0.2, 0) is 19.3 Å². The molecule has 0 amide bonds. The van der Waals surface area contributed by atoms with Crippen LogP contribution in [-0.4, -0.2) is 44.8 Å². The summed E-state index contributed by atoms with van der Waals surface area (Å²) >= 11 is 0. The van der Waals surface area contributed by atoms with Gasteiger partial charge >= 0.3 is 6.18 Å². The van der Waals surface area contributed by atoms with Gasteiger partial charge in [-0.3, -0.25) is 9.58 Å². The molecule has 0 radical (unpaired) electrons. The third kappa shape index (κ3) is 3.99. The summed E-state index contributed by atoms with van der Waals surface area (Å²) in [6, 6.07) is 2.62. The van der Waals surface area contributed by atoms with E-state index in [9.17, 15) is 13.2 Å². The average Bonchev–Trinajstić information content (AvgIpc) is 3.25. The van der Waals surface area contributed by atoms with Crippen LogP contribution >= 0.6 is 0 Å². The molecule has 0 aliphatic carbocycles. The second kappa shape index (κ2) is 7.63. The fourth-order valence-electron chi connectivity index (χ4n) is 4.78. The number of halogens is 3. The van der Waals surface area contributed by atoms with E-state index in [0.717, 1.165) is 63.5 Å². The van der Waals surface area contributed by atoms with Crippen LogP contribution in [0.2, 0.25) is 0 Å². The third-order valence-electron chi connectivity index (χ3n) is 6.57. The third-order valence-corrected chi connectivity index (χ3v) is 6.57. The van der Waals surface area contributed by atoms with E-state index in [4.69, 9.17) is 0 Å². The van der Waals surface area contributed by atoms with E-state index >= 15 is 0 Å². The molecule has 2 aliphatic heterocycles. The Balaban J connectivity index is 1.42. The first kappa shape index (κ1) is 20.2.